The van der Waals surface area contributed by atoms with Crippen LogP contribution in [0.3, 0.4) is 0 Å². The molecular formula is C15H14N4O. The van der Waals surface area contributed by atoms with Crippen LogP contribution in [0.2, 0.25) is 0 Å². The topological polar surface area (TPSA) is 62.8 Å². The predicted octanol–water partition coefficient (Wildman–Crippen LogP) is 2.60. The monoisotopic (exact) mass is 266 g/mol. The van der Waals surface area contributed by atoms with Gasteiger partial charge in [-0.2, -0.15) is 0 Å². The van der Waals surface area contributed by atoms with Gasteiger partial charge in [-0.25, -0.2) is 9.97 Å². The molecule has 5 heteroatoms. The number of nitrogens with zero attached hydrogens (tertiary/aromatic N) is 2. The van der Waals surface area contributed by atoms with Gasteiger partial charge in [0.1, 0.15) is 17.4 Å². The molecule has 0 bridgehead atoms. The van der Waals surface area contributed by atoms with Crippen LogP contribution in [0, 0.1) is 0 Å². The minimum absolute atomic E-state index is 0.726. The largest absolute Gasteiger partial charge is 0.493 e. The summed E-state index contributed by atoms with van der Waals surface area (Å²) in [5, 5.41) is 3.02. The van der Waals surface area contributed by atoms with Gasteiger partial charge >= 0.3 is 0 Å². The van der Waals surface area contributed by atoms with Gasteiger partial charge < -0.3 is 15.0 Å². The summed E-state index contributed by atoms with van der Waals surface area (Å²) in [5.74, 6) is 2.65. The average Bonchev–Trinajstić information content (AvgIpc) is 3.11. The van der Waals surface area contributed by atoms with Gasteiger partial charge in [0.05, 0.1) is 12.1 Å². The molecule has 0 saturated carbocycles. The standard InChI is InChI=1S/C15H14N4O/c1-16-13-5-3-11-15(18-13)19-14(17-11)10-2-4-12-9(8-10)6-7-20-12/h2-5,8H,6-7H2,1H3,(H2,16,17,18,19). The Morgan fingerprint density at radius 2 is 2.15 bits per heavy atom. The Kier molecular flexibility index (Phi) is 2.39. The SMILES string of the molecule is CNc1ccc2[nH]c(-c3ccc4c(c3)CCO4)nc2n1. The molecule has 0 spiro atoms. The van der Waals surface area contributed by atoms with E-state index in [4.69, 9.17) is 4.74 Å². The summed E-state index contributed by atoms with van der Waals surface area (Å²) < 4.78 is 5.53. The second kappa shape index (κ2) is 4.23. The van der Waals surface area contributed by atoms with E-state index >= 15 is 0 Å². The van der Waals surface area contributed by atoms with Gasteiger partial charge in [0.25, 0.3) is 0 Å². The summed E-state index contributed by atoms with van der Waals surface area (Å²) in [6, 6.07) is 10.1. The number of aromatic amines is 1. The van der Waals surface area contributed by atoms with Crippen LogP contribution in [0.25, 0.3) is 22.6 Å². The van der Waals surface area contributed by atoms with Gasteiger partial charge in [-0.1, -0.05) is 0 Å². The van der Waals surface area contributed by atoms with Crippen LogP contribution >= 0.6 is 0 Å². The zero-order chi connectivity index (χ0) is 13.5. The predicted molar refractivity (Wildman–Crippen MR) is 78.1 cm³/mol. The summed E-state index contributed by atoms with van der Waals surface area (Å²) in [5.41, 5.74) is 3.98. The van der Waals surface area contributed by atoms with E-state index in [9.17, 15) is 0 Å². The molecule has 3 heterocycles. The highest BCUT2D eigenvalue weighted by atomic mass is 16.5. The second-order valence-electron chi connectivity index (χ2n) is 4.82. The minimum Gasteiger partial charge on any atom is -0.493 e. The molecule has 0 radical (unpaired) electrons. The number of hydrogen-bond acceptors (Lipinski definition) is 4. The van der Waals surface area contributed by atoms with Crippen molar-refractivity contribution in [2.24, 2.45) is 0 Å². The fourth-order valence-corrected chi connectivity index (χ4v) is 2.50. The van der Waals surface area contributed by atoms with Crippen molar-refractivity contribution in [2.75, 3.05) is 19.0 Å². The van der Waals surface area contributed by atoms with Gasteiger partial charge in [0, 0.05) is 19.0 Å². The molecule has 20 heavy (non-hydrogen) atoms. The van der Waals surface area contributed by atoms with Crippen LogP contribution in [0.4, 0.5) is 5.82 Å². The van der Waals surface area contributed by atoms with Crippen molar-refractivity contribution in [1.82, 2.24) is 15.0 Å². The summed E-state index contributed by atoms with van der Waals surface area (Å²) in [7, 11) is 1.85. The first-order valence-electron chi connectivity index (χ1n) is 6.64. The Morgan fingerprint density at radius 3 is 3.05 bits per heavy atom. The molecule has 0 atom stereocenters. The molecule has 2 aromatic heterocycles. The van der Waals surface area contributed by atoms with E-state index < -0.39 is 0 Å². The van der Waals surface area contributed by atoms with Gasteiger partial charge in [-0.05, 0) is 35.9 Å². The molecule has 5 nitrogen and oxygen atoms in total. The molecule has 1 aromatic carbocycles. The number of hydrogen-bond donors (Lipinski definition) is 2. The Bertz CT molecular complexity index is 794. The molecule has 1 aliphatic heterocycles. The highest BCUT2D eigenvalue weighted by molar-refractivity contribution is 5.77. The van der Waals surface area contributed by atoms with Crippen molar-refractivity contribution in [2.45, 2.75) is 6.42 Å². The first-order valence-corrected chi connectivity index (χ1v) is 6.64. The molecule has 4 rings (SSSR count). The Morgan fingerprint density at radius 1 is 1.20 bits per heavy atom. The summed E-state index contributed by atoms with van der Waals surface area (Å²) >= 11 is 0. The van der Waals surface area contributed by atoms with Gasteiger partial charge in [0.2, 0.25) is 0 Å². The van der Waals surface area contributed by atoms with E-state index in [-0.39, 0.29) is 0 Å². The third-order valence-corrected chi connectivity index (χ3v) is 3.56. The number of pyridine rings is 1. The van der Waals surface area contributed by atoms with E-state index in [1.54, 1.807) is 0 Å². The molecule has 0 amide bonds. The minimum atomic E-state index is 0.726. The smallest absolute Gasteiger partial charge is 0.180 e. The zero-order valence-electron chi connectivity index (χ0n) is 11.1. The lowest BCUT2D eigenvalue weighted by Crippen LogP contribution is -1.91. The van der Waals surface area contributed by atoms with E-state index in [2.05, 4.69) is 26.3 Å². The van der Waals surface area contributed by atoms with Crippen molar-refractivity contribution in [1.29, 1.82) is 0 Å². The zero-order valence-corrected chi connectivity index (χ0v) is 11.1. The maximum Gasteiger partial charge on any atom is 0.180 e. The number of nitrogens with one attached hydrogen (secondary N) is 2. The van der Waals surface area contributed by atoms with Crippen LogP contribution in [0.5, 0.6) is 5.75 Å². The van der Waals surface area contributed by atoms with E-state index in [0.29, 0.717) is 0 Å². The maximum atomic E-state index is 5.53. The van der Waals surface area contributed by atoms with Gasteiger partial charge in [0.15, 0.2) is 5.65 Å². The lowest BCUT2D eigenvalue weighted by Gasteiger charge is -2.00. The van der Waals surface area contributed by atoms with Crippen molar-refractivity contribution in [3.8, 4) is 17.1 Å². The molecule has 2 N–H and O–H groups in total. The highest BCUT2D eigenvalue weighted by Crippen LogP contribution is 2.30. The molecule has 0 fully saturated rings. The lowest BCUT2D eigenvalue weighted by atomic mass is 10.1. The normalized spacial score (nSPS) is 13.2. The van der Waals surface area contributed by atoms with Crippen molar-refractivity contribution < 1.29 is 4.74 Å². The van der Waals surface area contributed by atoms with E-state index in [1.165, 1.54) is 5.56 Å². The lowest BCUT2D eigenvalue weighted by molar-refractivity contribution is 0.357. The van der Waals surface area contributed by atoms with Crippen LogP contribution in [0.15, 0.2) is 30.3 Å². The van der Waals surface area contributed by atoms with Gasteiger partial charge in [-0.3, -0.25) is 0 Å². The Hall–Kier alpha value is -2.56. The number of anilines is 1. The number of aromatic nitrogens is 3. The average molecular weight is 266 g/mol. The number of imidazole rings is 1. The first-order chi connectivity index (χ1) is 9.83. The maximum absolute atomic E-state index is 5.53. The molecule has 100 valence electrons. The first kappa shape index (κ1) is 11.3. The van der Waals surface area contributed by atoms with Crippen molar-refractivity contribution in [3.63, 3.8) is 0 Å². The second-order valence-corrected chi connectivity index (χ2v) is 4.82. The third kappa shape index (κ3) is 1.71. The van der Waals surface area contributed by atoms with Crippen LogP contribution < -0.4 is 10.1 Å². The van der Waals surface area contributed by atoms with Crippen LogP contribution in [-0.2, 0) is 6.42 Å². The fraction of sp³-hybridized carbons (Fsp3) is 0.200. The molecule has 0 aliphatic carbocycles. The number of H-pyrrole nitrogens is 1. The quantitative estimate of drug-likeness (QED) is 0.748. The molecule has 0 saturated heterocycles. The summed E-state index contributed by atoms with van der Waals surface area (Å²) in [6.45, 7) is 0.770. The number of rotatable bonds is 2. The van der Waals surface area contributed by atoms with E-state index in [0.717, 1.165) is 47.1 Å². The van der Waals surface area contributed by atoms with Crippen LogP contribution in [0.1, 0.15) is 5.56 Å². The van der Waals surface area contributed by atoms with Crippen molar-refractivity contribution >= 4 is 17.0 Å². The van der Waals surface area contributed by atoms with E-state index in [1.807, 2.05) is 31.3 Å². The molecule has 0 unspecified atom stereocenters. The summed E-state index contributed by atoms with van der Waals surface area (Å²) in [4.78, 5) is 12.3. The number of ether oxygens (including phenoxy) is 1. The van der Waals surface area contributed by atoms with Crippen molar-refractivity contribution in [3.05, 3.63) is 35.9 Å². The highest BCUT2D eigenvalue weighted by Gasteiger charge is 2.14. The third-order valence-electron chi connectivity index (χ3n) is 3.56. The summed E-state index contributed by atoms with van der Waals surface area (Å²) in [6.07, 6.45) is 0.964. The Labute approximate surface area is 116 Å². The molecule has 3 aromatic rings. The number of benzene rings is 1. The molecule has 1 aliphatic rings. The van der Waals surface area contributed by atoms with Gasteiger partial charge in [-0.15, -0.1) is 0 Å². The Balaban J connectivity index is 1.81. The molecular weight excluding hydrogens is 252 g/mol. The van der Waals surface area contributed by atoms with Crippen LogP contribution in [-0.4, -0.2) is 28.6 Å². The number of fused-ring (bicyclic) bond motifs is 2. The fourth-order valence-electron chi connectivity index (χ4n) is 2.50.